The topological polar surface area (TPSA) is 188 Å². The van der Waals surface area contributed by atoms with E-state index in [4.69, 9.17) is 23.7 Å². The molecule has 12 nitrogen and oxygen atoms in total. The highest BCUT2D eigenvalue weighted by Gasteiger charge is 2.79. The van der Waals surface area contributed by atoms with Crippen LogP contribution in [0.4, 0.5) is 0 Å². The number of esters is 1. The summed E-state index contributed by atoms with van der Waals surface area (Å²) in [6.07, 6.45) is -8.41. The number of aromatic hydroxyl groups is 1. The van der Waals surface area contributed by atoms with Crippen LogP contribution < -0.4 is 0 Å². The normalized spacial score (nSPS) is 46.8. The maximum Gasteiger partial charge on any atom is 0.338 e. The summed E-state index contributed by atoms with van der Waals surface area (Å²) >= 11 is 0. The van der Waals surface area contributed by atoms with Crippen molar-refractivity contribution in [1.82, 2.24) is 0 Å². The molecule has 11 atom stereocenters. The molecule has 2 saturated heterocycles. The van der Waals surface area contributed by atoms with Crippen molar-refractivity contribution in [2.45, 2.75) is 67.3 Å². The summed E-state index contributed by atoms with van der Waals surface area (Å²) in [5.74, 6) is -1.67. The monoisotopic (exact) mass is 482 g/mol. The van der Waals surface area contributed by atoms with Crippen molar-refractivity contribution in [2.24, 2.45) is 5.92 Å². The van der Waals surface area contributed by atoms with Gasteiger partial charge in [-0.05, 0) is 37.3 Å². The number of hydrogen-bond donors (Lipinski definition) is 6. The average molecular weight is 482 g/mol. The molecule has 0 aromatic heterocycles. The molecule has 0 spiro atoms. The molecular weight excluding hydrogens is 456 g/mol. The van der Waals surface area contributed by atoms with Crippen molar-refractivity contribution in [3.8, 4) is 5.75 Å². The summed E-state index contributed by atoms with van der Waals surface area (Å²) in [6.45, 7) is 1.20. The Morgan fingerprint density at radius 2 is 1.76 bits per heavy atom. The molecule has 3 aliphatic heterocycles. The van der Waals surface area contributed by atoms with Gasteiger partial charge >= 0.3 is 5.97 Å². The number of aliphatic hydroxyl groups excluding tert-OH is 4. The number of carbonyl (C=O) groups excluding carboxylic acids is 1. The van der Waals surface area contributed by atoms with E-state index in [1.807, 2.05) is 0 Å². The number of benzene rings is 1. The fraction of sp³-hybridized carbons (Fsp3) is 0.591. The van der Waals surface area contributed by atoms with E-state index in [2.05, 4.69) is 0 Å². The molecule has 186 valence electrons. The first-order valence-corrected chi connectivity index (χ1v) is 10.8. The van der Waals surface area contributed by atoms with Crippen molar-refractivity contribution in [3.63, 3.8) is 0 Å². The van der Waals surface area contributed by atoms with Gasteiger partial charge in [0.2, 0.25) is 6.29 Å². The number of fused-ring (bicyclic) bond motifs is 3. The first kappa shape index (κ1) is 23.5. The smallest absolute Gasteiger partial charge is 0.338 e. The van der Waals surface area contributed by atoms with Crippen LogP contribution in [0.25, 0.3) is 0 Å². The predicted molar refractivity (Wildman–Crippen MR) is 108 cm³/mol. The first-order chi connectivity index (χ1) is 16.1. The van der Waals surface area contributed by atoms with E-state index in [0.717, 1.165) is 6.26 Å². The van der Waals surface area contributed by atoms with E-state index in [0.29, 0.717) is 0 Å². The number of phenols is 1. The molecule has 0 bridgehead atoms. The number of rotatable bonds is 5. The number of hydrogen-bond acceptors (Lipinski definition) is 12. The molecule has 5 rings (SSSR count). The molecule has 1 aliphatic carbocycles. The second kappa shape index (κ2) is 8.14. The Labute approximate surface area is 193 Å². The zero-order chi connectivity index (χ0) is 24.4. The lowest BCUT2D eigenvalue weighted by Crippen LogP contribution is -2.62. The van der Waals surface area contributed by atoms with Crippen molar-refractivity contribution in [1.29, 1.82) is 0 Å². The number of ether oxygens (including phenoxy) is 5. The van der Waals surface area contributed by atoms with Crippen LogP contribution in [0, 0.1) is 5.92 Å². The Kier molecular flexibility index (Phi) is 5.61. The second-order valence-corrected chi connectivity index (χ2v) is 9.14. The summed E-state index contributed by atoms with van der Waals surface area (Å²) in [5.41, 5.74) is -2.50. The molecule has 1 aromatic rings. The first-order valence-electron chi connectivity index (χ1n) is 10.8. The molecule has 0 radical (unpaired) electrons. The summed E-state index contributed by atoms with van der Waals surface area (Å²) in [7, 11) is 0. The Hall–Kier alpha value is -2.29. The number of carbonyl (C=O) groups is 1. The highest BCUT2D eigenvalue weighted by molar-refractivity contribution is 5.89. The Bertz CT molecular complexity index is 967. The van der Waals surface area contributed by atoms with Crippen molar-refractivity contribution < 1.29 is 59.1 Å². The van der Waals surface area contributed by atoms with Crippen LogP contribution >= 0.6 is 0 Å². The molecule has 6 N–H and O–H groups in total. The van der Waals surface area contributed by atoms with Gasteiger partial charge in [-0.15, -0.1) is 0 Å². The summed E-state index contributed by atoms with van der Waals surface area (Å²) < 4.78 is 27.5. The Morgan fingerprint density at radius 1 is 1.06 bits per heavy atom. The zero-order valence-corrected chi connectivity index (χ0v) is 18.0. The van der Waals surface area contributed by atoms with Crippen molar-refractivity contribution >= 4 is 5.97 Å². The maximum atomic E-state index is 12.2. The lowest BCUT2D eigenvalue weighted by atomic mass is 9.82. The van der Waals surface area contributed by atoms with Crippen LogP contribution in [0.1, 0.15) is 17.3 Å². The highest BCUT2D eigenvalue weighted by Crippen LogP contribution is 2.61. The van der Waals surface area contributed by atoms with Gasteiger partial charge < -0.3 is 54.3 Å². The van der Waals surface area contributed by atoms with Crippen LogP contribution in [0.15, 0.2) is 36.6 Å². The molecule has 0 unspecified atom stereocenters. The quantitative estimate of drug-likeness (QED) is 0.203. The van der Waals surface area contributed by atoms with Gasteiger partial charge in [0, 0.05) is 0 Å². The lowest BCUT2D eigenvalue weighted by Gasteiger charge is -2.45. The minimum atomic E-state index is -1.70. The summed E-state index contributed by atoms with van der Waals surface area (Å²) in [5, 5.41) is 61.8. The Morgan fingerprint density at radius 3 is 2.47 bits per heavy atom. The molecule has 3 fully saturated rings. The molecule has 1 aromatic carbocycles. The van der Waals surface area contributed by atoms with Crippen molar-refractivity contribution in [3.05, 3.63) is 42.2 Å². The van der Waals surface area contributed by atoms with Gasteiger partial charge in [0.1, 0.15) is 60.2 Å². The van der Waals surface area contributed by atoms with Gasteiger partial charge in [0.15, 0.2) is 6.29 Å². The van der Waals surface area contributed by atoms with Gasteiger partial charge in [-0.3, -0.25) is 0 Å². The van der Waals surface area contributed by atoms with E-state index in [1.165, 1.54) is 30.3 Å². The van der Waals surface area contributed by atoms with Crippen LogP contribution in [0.2, 0.25) is 0 Å². The maximum absolute atomic E-state index is 12.2. The van der Waals surface area contributed by atoms with Crippen molar-refractivity contribution in [2.75, 3.05) is 6.61 Å². The molecule has 4 aliphatic rings. The molecule has 3 heterocycles. The minimum absolute atomic E-state index is 0.0297. The number of epoxide rings is 1. The minimum Gasteiger partial charge on any atom is -0.508 e. The zero-order valence-electron chi connectivity index (χ0n) is 18.0. The third-order valence-electron chi connectivity index (χ3n) is 7.00. The predicted octanol–water partition coefficient (Wildman–Crippen LogP) is -1.88. The second-order valence-electron chi connectivity index (χ2n) is 9.14. The largest absolute Gasteiger partial charge is 0.508 e. The fourth-order valence-electron chi connectivity index (χ4n) is 5.00. The van der Waals surface area contributed by atoms with Gasteiger partial charge in [-0.2, -0.15) is 0 Å². The SMILES string of the molecule is C[C@]12O[C@H]1[C@@H](O)[C@]1(O)C=CO[C@@H](O[C@@H]3O[C@H](COC(=O)c4ccc(O)cc4)[C@@H](O)[C@H](O)[C@H]3O)[C@@H]12. The molecule has 1 saturated carbocycles. The van der Waals surface area contributed by atoms with Crippen LogP contribution in [-0.2, 0) is 23.7 Å². The molecule has 0 amide bonds. The van der Waals surface area contributed by atoms with Gasteiger partial charge in [-0.25, -0.2) is 4.79 Å². The van der Waals surface area contributed by atoms with Crippen LogP contribution in [-0.4, -0.2) is 104 Å². The van der Waals surface area contributed by atoms with Crippen LogP contribution in [0.5, 0.6) is 5.75 Å². The fourth-order valence-corrected chi connectivity index (χ4v) is 5.00. The average Bonchev–Trinajstić information content (AvgIpc) is 3.45. The van der Waals surface area contributed by atoms with Gasteiger partial charge in [0.25, 0.3) is 0 Å². The molecular formula is C22H26O12. The van der Waals surface area contributed by atoms with E-state index >= 15 is 0 Å². The third kappa shape index (κ3) is 3.58. The van der Waals surface area contributed by atoms with Gasteiger partial charge in [-0.1, -0.05) is 0 Å². The third-order valence-corrected chi connectivity index (χ3v) is 7.00. The van der Waals surface area contributed by atoms with Crippen LogP contribution in [0.3, 0.4) is 0 Å². The van der Waals surface area contributed by atoms with E-state index in [1.54, 1.807) is 6.92 Å². The van der Waals surface area contributed by atoms with E-state index in [-0.39, 0.29) is 11.3 Å². The van der Waals surface area contributed by atoms with Gasteiger partial charge in [0.05, 0.1) is 17.7 Å². The summed E-state index contributed by atoms with van der Waals surface area (Å²) in [6, 6.07) is 5.31. The lowest BCUT2D eigenvalue weighted by molar-refractivity contribution is -0.349. The number of aliphatic hydroxyl groups is 5. The Balaban J connectivity index is 1.27. The standard InChI is InChI=1S/C22H26O12/c1-21-15-20(30-7-6-22(15,29)16(27)17(21)34-21)33-19-14(26)13(25)12(24)11(32-19)8-31-18(28)9-2-4-10(23)5-3-9/h2-7,11-17,19-20,23-27,29H,8H2,1H3/t11-,12-,13+,14-,15-,16-,17+,19+,20+,21-,22+/m1/s1. The highest BCUT2D eigenvalue weighted by atomic mass is 16.8. The van der Waals surface area contributed by atoms with E-state index < -0.39 is 78.9 Å². The molecule has 12 heteroatoms. The summed E-state index contributed by atoms with van der Waals surface area (Å²) in [4.78, 5) is 12.2. The van der Waals surface area contributed by atoms with E-state index in [9.17, 15) is 35.4 Å². The molecule has 34 heavy (non-hydrogen) atoms. The number of phenolic OH excluding ortho intramolecular Hbond substituents is 1.